The second-order valence-corrected chi connectivity index (χ2v) is 8.61. The molecule has 0 saturated heterocycles. The van der Waals surface area contributed by atoms with Crippen molar-refractivity contribution < 1.29 is 18.6 Å². The van der Waals surface area contributed by atoms with Crippen LogP contribution in [0.4, 0.5) is 0 Å². The summed E-state index contributed by atoms with van der Waals surface area (Å²) in [5.74, 6) is 0. The number of methoxy groups -OCH3 is 2. The number of nitrogens with zero attached hydrogens (tertiary/aromatic N) is 4. The molecule has 0 aliphatic rings. The molecular weight excluding hydrogens is 424 g/mol. The van der Waals surface area contributed by atoms with Crippen molar-refractivity contribution in [3.8, 4) is 0 Å². The van der Waals surface area contributed by atoms with Crippen LogP contribution in [0, 0.1) is 0 Å². The first-order valence-corrected chi connectivity index (χ1v) is 11.8. The lowest BCUT2D eigenvalue weighted by atomic mass is 10.1. The predicted octanol–water partition coefficient (Wildman–Crippen LogP) is 3.56. The van der Waals surface area contributed by atoms with E-state index in [0.29, 0.717) is 13.2 Å². The van der Waals surface area contributed by atoms with Crippen LogP contribution in [0.25, 0.3) is 22.1 Å². The molecule has 0 N–H and O–H groups in total. The molecule has 6 nitrogen and oxygen atoms in total. The van der Waals surface area contributed by atoms with Crippen molar-refractivity contribution in [2.45, 2.75) is 26.2 Å². The molecule has 0 aliphatic carbocycles. The van der Waals surface area contributed by atoms with Crippen LogP contribution in [0.2, 0.25) is 0 Å². The summed E-state index contributed by atoms with van der Waals surface area (Å²) in [5, 5.41) is 0. The average Bonchev–Trinajstić information content (AvgIpc) is 3.41. The molecule has 0 fully saturated rings. The molecule has 0 saturated carbocycles. The van der Waals surface area contributed by atoms with Crippen molar-refractivity contribution >= 4 is 22.1 Å². The van der Waals surface area contributed by atoms with Crippen molar-refractivity contribution in [2.75, 3.05) is 27.4 Å². The SMILES string of the molecule is COCCn1c[n+](Cc2ccccc2C[n+]2cn(CCOC)c3ccccc32)c2ccccc21. The van der Waals surface area contributed by atoms with E-state index in [1.54, 1.807) is 14.2 Å². The average molecular weight is 457 g/mol. The van der Waals surface area contributed by atoms with Gasteiger partial charge in [0, 0.05) is 25.3 Å². The first-order valence-electron chi connectivity index (χ1n) is 11.8. The minimum atomic E-state index is 0.693. The Hall–Kier alpha value is -3.48. The number of aromatic nitrogens is 4. The molecule has 2 heterocycles. The highest BCUT2D eigenvalue weighted by Gasteiger charge is 2.19. The first kappa shape index (κ1) is 22.3. The van der Waals surface area contributed by atoms with Gasteiger partial charge in [-0.1, -0.05) is 48.5 Å². The molecule has 174 valence electrons. The lowest BCUT2D eigenvalue weighted by Crippen LogP contribution is -2.36. The second-order valence-electron chi connectivity index (χ2n) is 8.61. The van der Waals surface area contributed by atoms with Gasteiger partial charge in [0.15, 0.2) is 22.1 Å². The molecule has 0 spiro atoms. The maximum Gasteiger partial charge on any atom is 0.245 e. The quantitative estimate of drug-likeness (QED) is 0.301. The Kier molecular flexibility index (Phi) is 6.70. The van der Waals surface area contributed by atoms with Crippen LogP contribution in [-0.2, 0) is 35.7 Å². The van der Waals surface area contributed by atoms with Gasteiger partial charge in [0.1, 0.15) is 26.2 Å². The van der Waals surface area contributed by atoms with Crippen LogP contribution in [0.1, 0.15) is 11.1 Å². The Labute approximate surface area is 200 Å². The van der Waals surface area contributed by atoms with Crippen LogP contribution in [0.5, 0.6) is 0 Å². The number of fused-ring (bicyclic) bond motifs is 2. The number of benzene rings is 3. The number of para-hydroxylation sites is 4. The molecule has 0 unspecified atom stereocenters. The molecule has 0 amide bonds. The van der Waals surface area contributed by atoms with Crippen LogP contribution < -0.4 is 9.13 Å². The summed E-state index contributed by atoms with van der Waals surface area (Å²) in [6, 6.07) is 25.9. The number of hydrogen-bond acceptors (Lipinski definition) is 2. The molecule has 2 aromatic heterocycles. The van der Waals surface area contributed by atoms with E-state index in [-0.39, 0.29) is 0 Å². The van der Waals surface area contributed by atoms with Gasteiger partial charge in [-0.05, 0) is 24.3 Å². The van der Waals surface area contributed by atoms with E-state index >= 15 is 0 Å². The fourth-order valence-corrected chi connectivity index (χ4v) is 4.71. The van der Waals surface area contributed by atoms with Gasteiger partial charge in [-0.3, -0.25) is 0 Å². The maximum absolute atomic E-state index is 5.33. The van der Waals surface area contributed by atoms with Gasteiger partial charge in [0.2, 0.25) is 12.7 Å². The molecular formula is C28H32N4O2+2. The number of rotatable bonds is 10. The fraction of sp³-hybridized carbons (Fsp3) is 0.286. The van der Waals surface area contributed by atoms with Gasteiger partial charge >= 0.3 is 0 Å². The van der Waals surface area contributed by atoms with Crippen LogP contribution in [0.3, 0.4) is 0 Å². The van der Waals surface area contributed by atoms with Crippen molar-refractivity contribution in [3.63, 3.8) is 0 Å². The first-order chi connectivity index (χ1) is 16.8. The van der Waals surface area contributed by atoms with Crippen molar-refractivity contribution in [2.24, 2.45) is 0 Å². The smallest absolute Gasteiger partial charge is 0.245 e. The van der Waals surface area contributed by atoms with Gasteiger partial charge in [-0.2, -0.15) is 0 Å². The summed E-state index contributed by atoms with van der Waals surface area (Å²) in [6.07, 6.45) is 4.43. The molecule has 0 bridgehead atoms. The highest BCUT2D eigenvalue weighted by atomic mass is 16.5. The van der Waals surface area contributed by atoms with Crippen molar-refractivity contribution in [1.82, 2.24) is 9.13 Å². The highest BCUT2D eigenvalue weighted by molar-refractivity contribution is 5.72. The van der Waals surface area contributed by atoms with E-state index in [2.05, 4.69) is 104 Å². The molecule has 3 aromatic carbocycles. The molecule has 34 heavy (non-hydrogen) atoms. The standard InChI is InChI=1S/C28H32N4O2/c1-33-17-15-29-21-31(27-13-7-5-11-25(27)29)19-23-9-3-4-10-24(23)20-32-22-30(16-18-34-2)26-12-6-8-14-28(26)32/h3-14,21-22H,15-20H2,1-2H3/q+2. The predicted molar refractivity (Wildman–Crippen MR) is 133 cm³/mol. The summed E-state index contributed by atoms with van der Waals surface area (Å²) >= 11 is 0. The minimum absolute atomic E-state index is 0.693. The molecule has 0 aliphatic heterocycles. The van der Waals surface area contributed by atoms with Gasteiger partial charge in [-0.15, -0.1) is 0 Å². The van der Waals surface area contributed by atoms with E-state index in [9.17, 15) is 0 Å². The molecule has 6 heteroatoms. The summed E-state index contributed by atoms with van der Waals surface area (Å²) in [6.45, 7) is 4.70. The zero-order valence-electron chi connectivity index (χ0n) is 19.9. The van der Waals surface area contributed by atoms with Crippen LogP contribution in [0.15, 0.2) is 85.5 Å². The van der Waals surface area contributed by atoms with Crippen molar-refractivity contribution in [1.29, 1.82) is 0 Å². The lowest BCUT2D eigenvalue weighted by Gasteiger charge is -2.07. The van der Waals surface area contributed by atoms with E-state index in [0.717, 1.165) is 26.2 Å². The Bertz CT molecular complexity index is 1300. The third-order valence-corrected chi connectivity index (χ3v) is 6.43. The fourth-order valence-electron chi connectivity index (χ4n) is 4.71. The third kappa shape index (κ3) is 4.47. The highest BCUT2D eigenvalue weighted by Crippen LogP contribution is 2.16. The second kappa shape index (κ2) is 10.2. The van der Waals surface area contributed by atoms with Gasteiger partial charge in [0.25, 0.3) is 0 Å². The Balaban J connectivity index is 1.48. The molecule has 5 rings (SSSR count). The molecule has 0 radical (unpaired) electrons. The Morgan fingerprint density at radius 1 is 0.588 bits per heavy atom. The largest absolute Gasteiger partial charge is 0.381 e. The number of imidazole rings is 2. The van der Waals surface area contributed by atoms with Gasteiger partial charge < -0.3 is 9.47 Å². The third-order valence-electron chi connectivity index (χ3n) is 6.43. The zero-order chi connectivity index (χ0) is 23.3. The zero-order valence-corrected chi connectivity index (χ0v) is 19.9. The lowest BCUT2D eigenvalue weighted by molar-refractivity contribution is -0.668. The van der Waals surface area contributed by atoms with Gasteiger partial charge in [-0.25, -0.2) is 18.3 Å². The number of ether oxygens (including phenoxy) is 2. The number of hydrogen-bond donors (Lipinski definition) is 0. The normalized spacial score (nSPS) is 11.6. The van der Waals surface area contributed by atoms with Crippen LogP contribution >= 0.6 is 0 Å². The Morgan fingerprint density at radius 3 is 1.44 bits per heavy atom. The summed E-state index contributed by atoms with van der Waals surface area (Å²) in [4.78, 5) is 0. The minimum Gasteiger partial charge on any atom is -0.381 e. The maximum atomic E-state index is 5.33. The summed E-state index contributed by atoms with van der Waals surface area (Å²) < 4.78 is 19.9. The summed E-state index contributed by atoms with van der Waals surface area (Å²) in [5.41, 5.74) is 7.57. The topological polar surface area (TPSA) is 36.1 Å². The Morgan fingerprint density at radius 2 is 1.00 bits per heavy atom. The van der Waals surface area contributed by atoms with E-state index in [1.807, 2.05) is 0 Å². The van der Waals surface area contributed by atoms with Crippen molar-refractivity contribution in [3.05, 3.63) is 96.6 Å². The monoisotopic (exact) mass is 456 g/mol. The molecule has 0 atom stereocenters. The van der Waals surface area contributed by atoms with E-state index in [4.69, 9.17) is 9.47 Å². The van der Waals surface area contributed by atoms with E-state index < -0.39 is 0 Å². The molecule has 5 aromatic rings. The van der Waals surface area contributed by atoms with Crippen LogP contribution in [-0.4, -0.2) is 36.6 Å². The van der Waals surface area contributed by atoms with Gasteiger partial charge in [0.05, 0.1) is 13.2 Å². The summed E-state index contributed by atoms with van der Waals surface area (Å²) in [7, 11) is 3.50. The van der Waals surface area contributed by atoms with E-state index in [1.165, 1.54) is 33.2 Å².